The number of aryl methyl sites for hydroxylation is 3. The van der Waals surface area contributed by atoms with Crippen LogP contribution in [0.5, 0.6) is 0 Å². The van der Waals surface area contributed by atoms with Gasteiger partial charge < -0.3 is 15.8 Å². The number of esters is 1. The van der Waals surface area contributed by atoms with E-state index in [1.54, 1.807) is 10.7 Å². The molecule has 21 heavy (non-hydrogen) atoms. The van der Waals surface area contributed by atoms with Gasteiger partial charge in [0.1, 0.15) is 0 Å². The van der Waals surface area contributed by atoms with Crippen molar-refractivity contribution in [1.29, 1.82) is 0 Å². The number of anilines is 2. The van der Waals surface area contributed by atoms with Gasteiger partial charge in [0.15, 0.2) is 0 Å². The van der Waals surface area contributed by atoms with E-state index < -0.39 is 5.97 Å². The predicted octanol–water partition coefficient (Wildman–Crippen LogP) is 2.02. The number of carbonyl (C=O) groups is 1. The Morgan fingerprint density at radius 2 is 2.14 bits per heavy atom. The van der Waals surface area contributed by atoms with Crippen LogP contribution in [0.25, 0.3) is 0 Å². The molecule has 0 aliphatic rings. The standard InChI is InChI=1S/C15H20N4O2/c1-9-5-12(6-13(14(9)16)15(20)21-4)17-7-11-8-19(3)18-10(11)2/h5-6,8,17H,7,16H2,1-4H3. The van der Waals surface area contributed by atoms with Crippen LogP contribution in [0, 0.1) is 13.8 Å². The molecule has 2 rings (SSSR count). The molecule has 0 amide bonds. The van der Waals surface area contributed by atoms with Crippen molar-refractivity contribution in [3.05, 3.63) is 40.7 Å². The summed E-state index contributed by atoms with van der Waals surface area (Å²) in [5.41, 5.74) is 10.5. The third kappa shape index (κ3) is 3.16. The molecule has 0 bridgehead atoms. The van der Waals surface area contributed by atoms with Crippen molar-refractivity contribution >= 4 is 17.3 Å². The summed E-state index contributed by atoms with van der Waals surface area (Å²) in [6.45, 7) is 4.46. The Morgan fingerprint density at radius 3 is 2.71 bits per heavy atom. The number of nitrogens with one attached hydrogen (secondary N) is 1. The molecule has 6 heteroatoms. The molecule has 0 spiro atoms. The first kappa shape index (κ1) is 14.9. The third-order valence-corrected chi connectivity index (χ3v) is 3.39. The van der Waals surface area contributed by atoms with E-state index in [4.69, 9.17) is 10.5 Å². The minimum absolute atomic E-state index is 0.378. The molecule has 1 aromatic carbocycles. The van der Waals surface area contributed by atoms with Crippen LogP contribution >= 0.6 is 0 Å². The Labute approximate surface area is 123 Å². The number of aromatic nitrogens is 2. The fourth-order valence-electron chi connectivity index (χ4n) is 2.20. The second-order valence-corrected chi connectivity index (χ2v) is 5.01. The second kappa shape index (κ2) is 5.87. The number of benzene rings is 1. The topological polar surface area (TPSA) is 82.2 Å². The maximum absolute atomic E-state index is 11.7. The van der Waals surface area contributed by atoms with E-state index in [0.717, 1.165) is 22.5 Å². The fourth-order valence-corrected chi connectivity index (χ4v) is 2.20. The summed E-state index contributed by atoms with van der Waals surface area (Å²) in [5, 5.41) is 7.58. The van der Waals surface area contributed by atoms with Crippen molar-refractivity contribution in [2.75, 3.05) is 18.2 Å². The average Bonchev–Trinajstić information content (AvgIpc) is 2.77. The van der Waals surface area contributed by atoms with Gasteiger partial charge in [0.25, 0.3) is 0 Å². The molecule has 0 aliphatic carbocycles. The highest BCUT2D eigenvalue weighted by Gasteiger charge is 2.13. The lowest BCUT2D eigenvalue weighted by molar-refractivity contribution is 0.0602. The van der Waals surface area contributed by atoms with Crippen LogP contribution in [-0.4, -0.2) is 22.9 Å². The van der Waals surface area contributed by atoms with Crippen molar-refractivity contribution in [3.8, 4) is 0 Å². The molecule has 6 nitrogen and oxygen atoms in total. The minimum Gasteiger partial charge on any atom is -0.465 e. The highest BCUT2D eigenvalue weighted by molar-refractivity contribution is 5.97. The Hall–Kier alpha value is -2.50. The van der Waals surface area contributed by atoms with Crippen LogP contribution < -0.4 is 11.1 Å². The summed E-state index contributed by atoms with van der Waals surface area (Å²) >= 11 is 0. The van der Waals surface area contributed by atoms with Gasteiger partial charge in [-0.15, -0.1) is 0 Å². The number of rotatable bonds is 4. The zero-order chi connectivity index (χ0) is 15.6. The first-order valence-corrected chi connectivity index (χ1v) is 6.63. The zero-order valence-electron chi connectivity index (χ0n) is 12.7. The monoisotopic (exact) mass is 288 g/mol. The second-order valence-electron chi connectivity index (χ2n) is 5.01. The van der Waals surface area contributed by atoms with Gasteiger partial charge in [0.05, 0.1) is 18.4 Å². The summed E-state index contributed by atoms with van der Waals surface area (Å²) in [6.07, 6.45) is 1.97. The highest BCUT2D eigenvalue weighted by atomic mass is 16.5. The summed E-state index contributed by atoms with van der Waals surface area (Å²) in [5.74, 6) is -0.434. The van der Waals surface area contributed by atoms with Crippen molar-refractivity contribution in [3.63, 3.8) is 0 Å². The van der Waals surface area contributed by atoms with Crippen molar-refractivity contribution in [1.82, 2.24) is 9.78 Å². The van der Waals surface area contributed by atoms with Gasteiger partial charge in [-0.3, -0.25) is 4.68 Å². The number of methoxy groups -OCH3 is 1. The van der Waals surface area contributed by atoms with Gasteiger partial charge >= 0.3 is 5.97 Å². The fraction of sp³-hybridized carbons (Fsp3) is 0.333. The lowest BCUT2D eigenvalue weighted by atomic mass is 10.1. The third-order valence-electron chi connectivity index (χ3n) is 3.39. The maximum Gasteiger partial charge on any atom is 0.340 e. The zero-order valence-corrected chi connectivity index (χ0v) is 12.7. The number of nitrogens with zero attached hydrogens (tertiary/aromatic N) is 2. The number of ether oxygens (including phenoxy) is 1. The van der Waals surface area contributed by atoms with E-state index in [2.05, 4.69) is 10.4 Å². The Kier molecular flexibility index (Phi) is 4.16. The van der Waals surface area contributed by atoms with Crippen LogP contribution in [0.15, 0.2) is 18.3 Å². The van der Waals surface area contributed by atoms with Gasteiger partial charge in [0, 0.05) is 36.7 Å². The van der Waals surface area contributed by atoms with Gasteiger partial charge in [0.2, 0.25) is 0 Å². The van der Waals surface area contributed by atoms with Crippen LogP contribution in [0.1, 0.15) is 27.2 Å². The van der Waals surface area contributed by atoms with Crippen molar-refractivity contribution in [2.24, 2.45) is 7.05 Å². The molecule has 0 aliphatic heterocycles. The van der Waals surface area contributed by atoms with Crippen LogP contribution in [-0.2, 0) is 18.3 Å². The Balaban J connectivity index is 2.22. The SMILES string of the molecule is COC(=O)c1cc(NCc2cn(C)nc2C)cc(C)c1N. The smallest absolute Gasteiger partial charge is 0.340 e. The molecular formula is C15H20N4O2. The Morgan fingerprint density at radius 1 is 1.43 bits per heavy atom. The molecule has 1 heterocycles. The molecule has 0 fully saturated rings. The van der Waals surface area contributed by atoms with Crippen molar-refractivity contribution in [2.45, 2.75) is 20.4 Å². The van der Waals surface area contributed by atoms with E-state index >= 15 is 0 Å². The lowest BCUT2D eigenvalue weighted by Gasteiger charge is -2.12. The maximum atomic E-state index is 11.7. The summed E-state index contributed by atoms with van der Waals surface area (Å²) < 4.78 is 6.53. The van der Waals surface area contributed by atoms with Gasteiger partial charge in [-0.05, 0) is 31.5 Å². The normalized spacial score (nSPS) is 10.5. The first-order valence-electron chi connectivity index (χ1n) is 6.63. The predicted molar refractivity (Wildman–Crippen MR) is 82.2 cm³/mol. The highest BCUT2D eigenvalue weighted by Crippen LogP contribution is 2.24. The van der Waals surface area contributed by atoms with Crippen LogP contribution in [0.3, 0.4) is 0 Å². The number of hydrogen-bond donors (Lipinski definition) is 2. The minimum atomic E-state index is -0.434. The lowest BCUT2D eigenvalue weighted by Crippen LogP contribution is -2.09. The molecule has 3 N–H and O–H groups in total. The average molecular weight is 288 g/mol. The van der Waals surface area contributed by atoms with Crippen LogP contribution in [0.4, 0.5) is 11.4 Å². The van der Waals surface area contributed by atoms with E-state index in [1.165, 1.54) is 7.11 Å². The molecule has 112 valence electrons. The molecule has 0 atom stereocenters. The molecule has 0 unspecified atom stereocenters. The number of hydrogen-bond acceptors (Lipinski definition) is 5. The number of nitrogen functional groups attached to an aromatic ring is 1. The quantitative estimate of drug-likeness (QED) is 0.664. The van der Waals surface area contributed by atoms with E-state index in [1.807, 2.05) is 33.2 Å². The van der Waals surface area contributed by atoms with Crippen LogP contribution in [0.2, 0.25) is 0 Å². The van der Waals surface area contributed by atoms with E-state index in [-0.39, 0.29) is 0 Å². The summed E-state index contributed by atoms with van der Waals surface area (Å²) in [4.78, 5) is 11.7. The molecule has 0 saturated carbocycles. The summed E-state index contributed by atoms with van der Waals surface area (Å²) in [7, 11) is 3.23. The largest absolute Gasteiger partial charge is 0.465 e. The molecule has 2 aromatic rings. The molecule has 0 saturated heterocycles. The van der Waals surface area contributed by atoms with Crippen molar-refractivity contribution < 1.29 is 9.53 Å². The van der Waals surface area contributed by atoms with E-state index in [9.17, 15) is 4.79 Å². The molecule has 0 radical (unpaired) electrons. The summed E-state index contributed by atoms with van der Waals surface area (Å²) in [6, 6.07) is 3.62. The van der Waals surface area contributed by atoms with Gasteiger partial charge in [-0.2, -0.15) is 5.10 Å². The van der Waals surface area contributed by atoms with E-state index in [0.29, 0.717) is 17.8 Å². The van der Waals surface area contributed by atoms with Gasteiger partial charge in [-0.1, -0.05) is 0 Å². The van der Waals surface area contributed by atoms with Gasteiger partial charge in [-0.25, -0.2) is 4.79 Å². The number of carbonyl (C=O) groups excluding carboxylic acids is 1. The Bertz CT molecular complexity index is 677. The number of nitrogens with two attached hydrogens (primary N) is 1. The molecule has 1 aromatic heterocycles. The molecular weight excluding hydrogens is 268 g/mol. The first-order chi connectivity index (χ1) is 9.92.